The van der Waals surface area contributed by atoms with Gasteiger partial charge in [-0.25, -0.2) is 22.9 Å². The summed E-state index contributed by atoms with van der Waals surface area (Å²) < 4.78 is 74.1. The van der Waals surface area contributed by atoms with Crippen LogP contribution in [0.2, 0.25) is 5.02 Å². The maximum atomic E-state index is 13.6. The first kappa shape index (κ1) is 32.6. The largest absolute Gasteiger partial charge is 0.448 e. The summed E-state index contributed by atoms with van der Waals surface area (Å²) >= 11 is 6.05. The molecule has 238 valence electrons. The Hall–Kier alpha value is -4.75. The minimum Gasteiger partial charge on any atom is -0.448 e. The van der Waals surface area contributed by atoms with E-state index in [9.17, 15) is 31.2 Å². The van der Waals surface area contributed by atoms with Gasteiger partial charge in [-0.1, -0.05) is 41.4 Å². The summed E-state index contributed by atoms with van der Waals surface area (Å²) in [6.07, 6.45) is -2.42. The van der Waals surface area contributed by atoms with Crippen molar-refractivity contribution in [2.45, 2.75) is 37.3 Å². The van der Waals surface area contributed by atoms with E-state index in [1.165, 1.54) is 24.4 Å². The summed E-state index contributed by atoms with van der Waals surface area (Å²) in [6, 6.07) is 18.2. The predicted octanol–water partition coefficient (Wildman–Crippen LogP) is 6.87. The number of aryl methyl sites for hydroxylation is 2. The lowest BCUT2D eigenvalue weighted by Gasteiger charge is -2.12. The minimum atomic E-state index is -4.68. The van der Waals surface area contributed by atoms with Gasteiger partial charge in [-0.05, 0) is 61.0 Å². The number of ketones is 1. The van der Waals surface area contributed by atoms with E-state index in [1.807, 2.05) is 4.72 Å². The van der Waals surface area contributed by atoms with E-state index >= 15 is 0 Å². The molecule has 1 amide bonds. The first-order valence-corrected chi connectivity index (χ1v) is 15.7. The fraction of sp³-hybridized carbons (Fsp3) is 0.188. The number of amides is 1. The Labute approximate surface area is 267 Å². The van der Waals surface area contributed by atoms with Crippen LogP contribution in [0, 0.1) is 6.92 Å². The molecule has 0 radical (unpaired) electrons. The summed E-state index contributed by atoms with van der Waals surface area (Å²) in [5.41, 5.74) is 1.91. The van der Waals surface area contributed by atoms with Crippen LogP contribution in [0.15, 0.2) is 90.1 Å². The average molecular weight is 671 g/mol. The molecular weight excluding hydrogens is 645 g/mol. The molecule has 46 heavy (non-hydrogen) atoms. The van der Waals surface area contributed by atoms with E-state index in [2.05, 4.69) is 9.97 Å². The number of ether oxygens (including phenoxy) is 1. The first-order valence-electron chi connectivity index (χ1n) is 13.9. The number of carbonyl (C=O) groups excluding carboxylic acids is 2. The van der Waals surface area contributed by atoms with Gasteiger partial charge >= 0.3 is 12.3 Å². The molecule has 0 unspecified atom stereocenters. The van der Waals surface area contributed by atoms with E-state index in [0.29, 0.717) is 22.6 Å². The van der Waals surface area contributed by atoms with Crippen molar-refractivity contribution >= 4 is 44.5 Å². The third-order valence-electron chi connectivity index (χ3n) is 7.04. The smallest absolute Gasteiger partial charge is 0.421 e. The molecule has 2 aromatic heterocycles. The molecule has 0 spiro atoms. The Bertz CT molecular complexity index is 2000. The highest BCUT2D eigenvalue weighted by Crippen LogP contribution is 2.38. The van der Waals surface area contributed by atoms with Gasteiger partial charge in [0.25, 0.3) is 10.0 Å². The molecule has 0 saturated carbocycles. The number of nitrogens with one attached hydrogen (secondary N) is 1. The second kappa shape index (κ2) is 13.3. The number of alkyl halides is 3. The highest BCUT2D eigenvalue weighted by molar-refractivity contribution is 7.90. The SMILES string of the molecule is Cc1ccc(S(=O)(=O)NC(=O)OCCc2ccc(-n3c(CCC(=O)c4cccnc4)nc4cc(C(F)(F)F)c(Cl)cc43)cc2)cc1. The molecule has 5 rings (SSSR count). The number of rotatable bonds is 10. The Morgan fingerprint density at radius 2 is 1.72 bits per heavy atom. The second-order valence-electron chi connectivity index (χ2n) is 10.3. The fourth-order valence-corrected chi connectivity index (χ4v) is 5.86. The molecule has 3 aromatic carbocycles. The number of hydrogen-bond donors (Lipinski definition) is 1. The van der Waals surface area contributed by atoms with Crippen molar-refractivity contribution in [2.24, 2.45) is 0 Å². The average Bonchev–Trinajstić information content (AvgIpc) is 3.36. The quantitative estimate of drug-likeness (QED) is 0.161. The Balaban J connectivity index is 1.32. The molecule has 0 aliphatic rings. The van der Waals surface area contributed by atoms with Crippen molar-refractivity contribution in [3.63, 3.8) is 0 Å². The number of halogens is 4. The van der Waals surface area contributed by atoms with Crippen molar-refractivity contribution in [3.8, 4) is 5.69 Å². The number of aromatic nitrogens is 3. The number of nitrogens with zero attached hydrogens (tertiary/aromatic N) is 3. The number of fused-ring (bicyclic) bond motifs is 1. The van der Waals surface area contributed by atoms with E-state index in [1.54, 1.807) is 66.2 Å². The molecule has 5 aromatic rings. The second-order valence-corrected chi connectivity index (χ2v) is 12.4. The van der Waals surface area contributed by atoms with Crippen molar-refractivity contribution in [3.05, 3.63) is 118 Å². The third kappa shape index (κ3) is 7.54. The lowest BCUT2D eigenvalue weighted by Crippen LogP contribution is -2.31. The normalized spacial score (nSPS) is 11.8. The van der Waals surface area contributed by atoms with Crippen molar-refractivity contribution in [1.29, 1.82) is 0 Å². The summed E-state index contributed by atoms with van der Waals surface area (Å²) in [7, 11) is -4.09. The number of sulfonamides is 1. The number of benzene rings is 3. The minimum absolute atomic E-state index is 0.0337. The van der Waals surface area contributed by atoms with Crippen molar-refractivity contribution < 1.29 is 35.9 Å². The lowest BCUT2D eigenvalue weighted by atomic mass is 10.1. The van der Waals surface area contributed by atoms with Gasteiger partial charge in [-0.3, -0.25) is 14.3 Å². The highest BCUT2D eigenvalue weighted by Gasteiger charge is 2.34. The monoisotopic (exact) mass is 670 g/mol. The summed E-state index contributed by atoms with van der Waals surface area (Å²) in [5.74, 6) is 0.150. The zero-order valence-electron chi connectivity index (χ0n) is 24.2. The fourth-order valence-electron chi connectivity index (χ4n) is 4.71. The summed E-state index contributed by atoms with van der Waals surface area (Å²) in [6.45, 7) is 1.68. The van der Waals surface area contributed by atoms with E-state index < -0.39 is 32.9 Å². The first-order chi connectivity index (χ1) is 21.8. The van der Waals surface area contributed by atoms with Gasteiger partial charge in [-0.2, -0.15) is 13.2 Å². The molecule has 1 N–H and O–H groups in total. The van der Waals surface area contributed by atoms with Gasteiger partial charge in [0.1, 0.15) is 5.82 Å². The Morgan fingerprint density at radius 1 is 1.00 bits per heavy atom. The molecular formula is C32H26ClF3N4O5S. The van der Waals surface area contributed by atoms with Gasteiger partial charge in [0.2, 0.25) is 0 Å². The molecule has 9 nitrogen and oxygen atoms in total. The molecule has 14 heteroatoms. The molecule has 0 aliphatic heterocycles. The number of hydrogen-bond acceptors (Lipinski definition) is 7. The van der Waals surface area contributed by atoms with Gasteiger partial charge in [-0.15, -0.1) is 0 Å². The molecule has 0 bridgehead atoms. The van der Waals surface area contributed by atoms with Gasteiger partial charge in [0.05, 0.1) is 33.1 Å². The zero-order chi connectivity index (χ0) is 33.1. The maximum absolute atomic E-state index is 13.6. The Kier molecular flexibility index (Phi) is 9.44. The number of imidazole rings is 1. The standard InChI is InChI=1S/C32H26ClF3N4O5S/c1-20-4-10-24(11-5-20)46(43,44)39-31(42)45-16-14-21-6-8-23(9-7-21)40-28-18-26(33)25(32(34,35)36)17-27(28)38-30(40)13-12-29(41)22-3-2-15-37-19-22/h2-11,15,17-19H,12-14,16H2,1H3,(H,39,42). The molecule has 0 atom stereocenters. The van der Waals surface area contributed by atoms with Crippen LogP contribution in [0.3, 0.4) is 0 Å². The topological polar surface area (TPSA) is 120 Å². The predicted molar refractivity (Wildman–Crippen MR) is 165 cm³/mol. The van der Waals surface area contributed by atoms with Gasteiger partial charge in [0, 0.05) is 42.9 Å². The highest BCUT2D eigenvalue weighted by atomic mass is 35.5. The van der Waals surface area contributed by atoms with E-state index in [4.69, 9.17) is 16.3 Å². The summed E-state index contributed by atoms with van der Waals surface area (Å²) in [4.78, 5) is 33.2. The van der Waals surface area contributed by atoms with Crippen LogP contribution in [0.1, 0.15) is 39.3 Å². The molecule has 2 heterocycles. The zero-order valence-corrected chi connectivity index (χ0v) is 25.8. The number of carbonyl (C=O) groups is 2. The van der Waals surface area contributed by atoms with Crippen molar-refractivity contribution in [2.75, 3.05) is 6.61 Å². The van der Waals surface area contributed by atoms with Crippen LogP contribution in [0.5, 0.6) is 0 Å². The Morgan fingerprint density at radius 3 is 2.37 bits per heavy atom. The van der Waals surface area contributed by atoms with Crippen LogP contribution in [-0.4, -0.2) is 41.4 Å². The molecule has 0 fully saturated rings. The number of Topliss-reactive ketones (excluding diaryl/α,β-unsaturated/α-hetero) is 1. The molecule has 0 aliphatic carbocycles. The molecule has 0 saturated heterocycles. The van der Waals surface area contributed by atoms with Crippen LogP contribution >= 0.6 is 11.6 Å². The maximum Gasteiger partial charge on any atom is 0.421 e. The van der Waals surface area contributed by atoms with E-state index in [-0.39, 0.29) is 42.1 Å². The third-order valence-corrected chi connectivity index (χ3v) is 8.69. The van der Waals surface area contributed by atoms with Crippen LogP contribution < -0.4 is 4.72 Å². The van der Waals surface area contributed by atoms with E-state index in [0.717, 1.165) is 17.2 Å². The van der Waals surface area contributed by atoms with Crippen LogP contribution in [0.4, 0.5) is 18.0 Å². The van der Waals surface area contributed by atoms with Crippen molar-refractivity contribution in [1.82, 2.24) is 19.3 Å². The summed E-state index contributed by atoms with van der Waals surface area (Å²) in [5, 5.41) is -0.490. The lowest BCUT2D eigenvalue weighted by molar-refractivity contribution is -0.137. The van der Waals surface area contributed by atoms with Crippen LogP contribution in [0.25, 0.3) is 16.7 Å². The number of pyridine rings is 1. The van der Waals surface area contributed by atoms with Gasteiger partial charge in [0.15, 0.2) is 5.78 Å². The van der Waals surface area contributed by atoms with Gasteiger partial charge < -0.3 is 4.74 Å². The van der Waals surface area contributed by atoms with Crippen LogP contribution in [-0.2, 0) is 33.8 Å².